The van der Waals surface area contributed by atoms with Crippen LogP contribution in [0.15, 0.2) is 18.2 Å². The number of nitriles is 1. The summed E-state index contributed by atoms with van der Waals surface area (Å²) in [6, 6.07) is 5.92. The number of aliphatic hydroxyl groups excluding tert-OH is 1. The highest BCUT2D eigenvalue weighted by atomic mass is 35.5. The summed E-state index contributed by atoms with van der Waals surface area (Å²) >= 11 is 5.71. The highest BCUT2D eigenvalue weighted by Crippen LogP contribution is 2.24. The second kappa shape index (κ2) is 5.94. The number of halogens is 4. The average molecular weight is 280 g/mol. The fourth-order valence-electron chi connectivity index (χ4n) is 1.19. The van der Waals surface area contributed by atoms with Crippen molar-refractivity contribution in [2.45, 2.75) is 18.7 Å². The van der Waals surface area contributed by atoms with Gasteiger partial charge < -0.3 is 9.84 Å². The number of alkyl halides is 3. The lowest BCUT2D eigenvalue weighted by molar-refractivity contribution is -0.156. The maximum Gasteiger partial charge on any atom is 0.391 e. The number of rotatable bonds is 4. The predicted molar refractivity (Wildman–Crippen MR) is 58.3 cm³/mol. The molecule has 0 aromatic heterocycles. The molecule has 3 nitrogen and oxygen atoms in total. The fraction of sp³-hybridized carbons (Fsp3) is 0.364. The lowest BCUT2D eigenvalue weighted by Gasteiger charge is -2.14. The fourth-order valence-corrected chi connectivity index (χ4v) is 1.41. The van der Waals surface area contributed by atoms with E-state index in [0.717, 1.165) is 0 Å². The minimum absolute atomic E-state index is 0.139. The Balaban J connectivity index is 2.54. The van der Waals surface area contributed by atoms with E-state index < -0.39 is 25.3 Å². The van der Waals surface area contributed by atoms with Crippen molar-refractivity contribution in [3.05, 3.63) is 28.8 Å². The third kappa shape index (κ3) is 4.82. The zero-order valence-corrected chi connectivity index (χ0v) is 9.79. The molecule has 0 saturated heterocycles. The molecule has 0 aliphatic heterocycles. The molecule has 0 amide bonds. The molecular weight excluding hydrogens is 271 g/mol. The van der Waals surface area contributed by atoms with E-state index >= 15 is 0 Å². The van der Waals surface area contributed by atoms with Gasteiger partial charge in [-0.1, -0.05) is 11.6 Å². The molecule has 1 rings (SSSR count). The van der Waals surface area contributed by atoms with Crippen LogP contribution < -0.4 is 4.74 Å². The molecule has 7 heteroatoms. The first-order valence-corrected chi connectivity index (χ1v) is 5.27. The normalized spacial score (nSPS) is 12.9. The lowest BCUT2D eigenvalue weighted by atomic mass is 10.2. The molecular formula is C11H9ClF3NO2. The molecule has 0 aliphatic carbocycles. The van der Waals surface area contributed by atoms with E-state index in [2.05, 4.69) is 0 Å². The van der Waals surface area contributed by atoms with Crippen LogP contribution in [0.25, 0.3) is 0 Å². The Kier molecular flexibility index (Phi) is 4.82. The van der Waals surface area contributed by atoms with Crippen molar-refractivity contribution in [1.29, 1.82) is 5.26 Å². The van der Waals surface area contributed by atoms with Gasteiger partial charge in [-0.3, -0.25) is 0 Å². The summed E-state index contributed by atoms with van der Waals surface area (Å²) < 4.78 is 40.7. The Labute approximate surface area is 106 Å². The predicted octanol–water partition coefficient (Wildman–Crippen LogP) is 2.90. The Morgan fingerprint density at radius 1 is 1.44 bits per heavy atom. The number of ether oxygens (including phenoxy) is 1. The summed E-state index contributed by atoms with van der Waals surface area (Å²) in [5, 5.41) is 17.8. The van der Waals surface area contributed by atoms with Gasteiger partial charge in [0, 0.05) is 6.07 Å². The smallest absolute Gasteiger partial charge is 0.391 e. The van der Waals surface area contributed by atoms with Crippen molar-refractivity contribution in [3.8, 4) is 11.8 Å². The quantitative estimate of drug-likeness (QED) is 0.922. The van der Waals surface area contributed by atoms with E-state index in [9.17, 15) is 13.2 Å². The number of nitrogens with zero attached hydrogens (tertiary/aromatic N) is 1. The second-order valence-electron chi connectivity index (χ2n) is 3.54. The van der Waals surface area contributed by atoms with Crippen LogP contribution in [0.4, 0.5) is 13.2 Å². The first-order chi connectivity index (χ1) is 8.31. The van der Waals surface area contributed by atoms with Gasteiger partial charge in [-0.25, -0.2) is 0 Å². The average Bonchev–Trinajstić information content (AvgIpc) is 2.24. The number of hydrogen-bond acceptors (Lipinski definition) is 3. The highest BCUT2D eigenvalue weighted by molar-refractivity contribution is 6.31. The van der Waals surface area contributed by atoms with E-state index in [4.69, 9.17) is 26.7 Å². The van der Waals surface area contributed by atoms with E-state index in [1.165, 1.54) is 18.2 Å². The van der Waals surface area contributed by atoms with Crippen LogP contribution in [-0.2, 0) is 0 Å². The van der Waals surface area contributed by atoms with E-state index in [-0.39, 0.29) is 16.3 Å². The summed E-state index contributed by atoms with van der Waals surface area (Å²) in [7, 11) is 0. The van der Waals surface area contributed by atoms with Crippen molar-refractivity contribution >= 4 is 11.6 Å². The number of hydrogen-bond donors (Lipinski definition) is 1. The summed E-state index contributed by atoms with van der Waals surface area (Å²) in [5.74, 6) is 0.195. The minimum Gasteiger partial charge on any atom is -0.491 e. The van der Waals surface area contributed by atoms with Crippen molar-refractivity contribution in [1.82, 2.24) is 0 Å². The molecule has 0 heterocycles. The number of benzene rings is 1. The first-order valence-electron chi connectivity index (χ1n) is 4.89. The molecule has 0 aliphatic rings. The van der Waals surface area contributed by atoms with Gasteiger partial charge in [-0.2, -0.15) is 18.4 Å². The molecule has 98 valence electrons. The molecule has 0 saturated carbocycles. The molecule has 1 aromatic carbocycles. The molecule has 0 radical (unpaired) electrons. The maximum atomic E-state index is 11.9. The van der Waals surface area contributed by atoms with Gasteiger partial charge in [0.15, 0.2) is 0 Å². The molecule has 1 aromatic rings. The van der Waals surface area contributed by atoms with Crippen LogP contribution in [-0.4, -0.2) is 24.0 Å². The second-order valence-corrected chi connectivity index (χ2v) is 3.94. The molecule has 0 spiro atoms. The monoisotopic (exact) mass is 279 g/mol. The summed E-state index contributed by atoms with van der Waals surface area (Å²) in [4.78, 5) is 0. The van der Waals surface area contributed by atoms with Crippen LogP contribution in [0.1, 0.15) is 12.0 Å². The first kappa shape index (κ1) is 14.6. The zero-order chi connectivity index (χ0) is 13.8. The minimum atomic E-state index is -4.44. The SMILES string of the molecule is N#Cc1ccc(OCC(O)CC(F)(F)F)cc1Cl. The van der Waals surface area contributed by atoms with Crippen LogP contribution in [0.2, 0.25) is 5.02 Å². The van der Waals surface area contributed by atoms with Crippen LogP contribution in [0.3, 0.4) is 0 Å². The summed E-state index contributed by atoms with van der Waals surface area (Å²) in [5.41, 5.74) is 0.236. The van der Waals surface area contributed by atoms with Crippen LogP contribution in [0, 0.1) is 11.3 Å². The van der Waals surface area contributed by atoms with Crippen molar-refractivity contribution < 1.29 is 23.0 Å². The van der Waals surface area contributed by atoms with Gasteiger partial charge >= 0.3 is 6.18 Å². The molecule has 1 atom stereocenters. The van der Waals surface area contributed by atoms with Gasteiger partial charge in [0.05, 0.1) is 23.1 Å². The van der Waals surface area contributed by atoms with Gasteiger partial charge in [0.1, 0.15) is 18.4 Å². The van der Waals surface area contributed by atoms with Crippen LogP contribution in [0.5, 0.6) is 5.75 Å². The topological polar surface area (TPSA) is 53.2 Å². The zero-order valence-electron chi connectivity index (χ0n) is 9.04. The molecule has 0 bridgehead atoms. The molecule has 0 fully saturated rings. The lowest BCUT2D eigenvalue weighted by Crippen LogP contribution is -2.25. The Hall–Kier alpha value is -1.45. The summed E-state index contributed by atoms with van der Waals surface area (Å²) in [6.45, 7) is -0.498. The van der Waals surface area contributed by atoms with Crippen LogP contribution >= 0.6 is 11.6 Å². The van der Waals surface area contributed by atoms with Gasteiger partial charge in [0.2, 0.25) is 0 Å². The number of aliphatic hydroxyl groups is 1. The molecule has 1 unspecified atom stereocenters. The van der Waals surface area contributed by atoms with Gasteiger partial charge in [0.25, 0.3) is 0 Å². The standard InChI is InChI=1S/C11H9ClF3NO2/c12-10-3-9(2-1-7(10)5-16)18-6-8(17)4-11(13,14)15/h1-3,8,17H,4,6H2. The van der Waals surface area contributed by atoms with Gasteiger partial charge in [-0.15, -0.1) is 0 Å². The Bertz CT molecular complexity index is 457. The molecule has 18 heavy (non-hydrogen) atoms. The Morgan fingerprint density at radius 2 is 2.11 bits per heavy atom. The van der Waals surface area contributed by atoms with Crippen molar-refractivity contribution in [2.24, 2.45) is 0 Å². The third-order valence-electron chi connectivity index (χ3n) is 1.97. The third-order valence-corrected chi connectivity index (χ3v) is 2.28. The molecule has 1 N–H and O–H groups in total. The van der Waals surface area contributed by atoms with E-state index in [1.807, 2.05) is 6.07 Å². The van der Waals surface area contributed by atoms with Crippen molar-refractivity contribution in [3.63, 3.8) is 0 Å². The van der Waals surface area contributed by atoms with E-state index in [0.29, 0.717) is 0 Å². The van der Waals surface area contributed by atoms with Crippen molar-refractivity contribution in [2.75, 3.05) is 6.61 Å². The van der Waals surface area contributed by atoms with Gasteiger partial charge in [-0.05, 0) is 12.1 Å². The largest absolute Gasteiger partial charge is 0.491 e. The highest BCUT2D eigenvalue weighted by Gasteiger charge is 2.31. The maximum absolute atomic E-state index is 11.9. The van der Waals surface area contributed by atoms with E-state index in [1.54, 1.807) is 0 Å². The summed E-state index contributed by atoms with van der Waals surface area (Å²) in [6.07, 6.45) is -7.42. The Morgan fingerprint density at radius 3 is 2.61 bits per heavy atom.